The van der Waals surface area contributed by atoms with Crippen LogP contribution >= 0.6 is 11.3 Å². The number of rotatable bonds is 11. The van der Waals surface area contributed by atoms with E-state index in [2.05, 4.69) is 20.6 Å². The van der Waals surface area contributed by atoms with Gasteiger partial charge in [-0.15, -0.1) is 11.3 Å². The molecule has 0 radical (unpaired) electrons. The van der Waals surface area contributed by atoms with Crippen molar-refractivity contribution >= 4 is 34.0 Å². The number of carbonyl (C=O) groups is 2. The summed E-state index contributed by atoms with van der Waals surface area (Å²) in [6, 6.07) is 13.3. The number of para-hydroxylation sites is 1. The standard InChI is InChI=1S/C22H25N5O3S/c1-30-14-13-27(12-9-20(28)24-15-17-7-10-23-11-8-17)21(29)19-16-31-22(26-19)25-18-5-3-2-4-6-18/h2-8,10-11,16H,9,12-15H2,1H3,(H,24,28)(H,25,26). The van der Waals surface area contributed by atoms with Gasteiger partial charge in [0.05, 0.1) is 6.61 Å². The van der Waals surface area contributed by atoms with Crippen molar-refractivity contribution < 1.29 is 14.3 Å². The maximum absolute atomic E-state index is 13.0. The lowest BCUT2D eigenvalue weighted by Gasteiger charge is -2.21. The largest absolute Gasteiger partial charge is 0.383 e. The molecule has 2 heterocycles. The Morgan fingerprint density at radius 1 is 1.10 bits per heavy atom. The summed E-state index contributed by atoms with van der Waals surface area (Å²) in [5, 5.41) is 8.40. The van der Waals surface area contributed by atoms with E-state index in [4.69, 9.17) is 4.74 Å². The third kappa shape index (κ3) is 7.16. The van der Waals surface area contributed by atoms with Crippen LogP contribution in [-0.2, 0) is 16.1 Å². The normalized spacial score (nSPS) is 10.5. The second-order valence-electron chi connectivity index (χ2n) is 6.70. The minimum absolute atomic E-state index is 0.128. The molecule has 31 heavy (non-hydrogen) atoms. The molecule has 0 atom stereocenters. The topological polar surface area (TPSA) is 96.5 Å². The van der Waals surface area contributed by atoms with E-state index in [1.54, 1.807) is 29.8 Å². The fourth-order valence-electron chi connectivity index (χ4n) is 2.78. The fraction of sp³-hybridized carbons (Fsp3) is 0.273. The number of nitrogens with one attached hydrogen (secondary N) is 2. The SMILES string of the molecule is COCCN(CCC(=O)NCc1ccncc1)C(=O)c1csc(Nc2ccccc2)n1. The van der Waals surface area contributed by atoms with Crippen LogP contribution in [0, 0.1) is 0 Å². The summed E-state index contributed by atoms with van der Waals surface area (Å²) in [6.45, 7) is 1.47. The average molecular weight is 440 g/mol. The van der Waals surface area contributed by atoms with Crippen LogP contribution in [0.15, 0.2) is 60.2 Å². The molecule has 1 aromatic carbocycles. The number of amides is 2. The summed E-state index contributed by atoms with van der Waals surface area (Å²) in [5.74, 6) is -0.354. The molecule has 0 aliphatic rings. The van der Waals surface area contributed by atoms with Crippen molar-refractivity contribution in [3.8, 4) is 0 Å². The third-order valence-corrected chi connectivity index (χ3v) is 5.21. The van der Waals surface area contributed by atoms with E-state index in [0.29, 0.717) is 30.5 Å². The van der Waals surface area contributed by atoms with E-state index < -0.39 is 0 Å². The van der Waals surface area contributed by atoms with Gasteiger partial charge in [0.15, 0.2) is 5.13 Å². The Labute approximate surface area is 185 Å². The second kappa shape index (κ2) is 11.8. The Morgan fingerprint density at radius 2 is 1.87 bits per heavy atom. The van der Waals surface area contributed by atoms with Gasteiger partial charge in [0.25, 0.3) is 5.91 Å². The maximum Gasteiger partial charge on any atom is 0.273 e. The molecule has 0 bridgehead atoms. The first-order valence-electron chi connectivity index (χ1n) is 9.87. The molecule has 0 saturated heterocycles. The lowest BCUT2D eigenvalue weighted by Crippen LogP contribution is -2.37. The van der Waals surface area contributed by atoms with Crippen molar-refractivity contribution in [1.29, 1.82) is 0 Å². The molecule has 2 aromatic heterocycles. The molecule has 9 heteroatoms. The summed E-state index contributed by atoms with van der Waals surface area (Å²) in [5.41, 5.74) is 2.21. The van der Waals surface area contributed by atoms with Gasteiger partial charge in [-0.2, -0.15) is 0 Å². The number of hydrogen-bond acceptors (Lipinski definition) is 7. The van der Waals surface area contributed by atoms with Crippen LogP contribution in [0.5, 0.6) is 0 Å². The van der Waals surface area contributed by atoms with E-state index >= 15 is 0 Å². The molecule has 0 fully saturated rings. The first kappa shape index (κ1) is 22.4. The van der Waals surface area contributed by atoms with Gasteiger partial charge in [-0.3, -0.25) is 14.6 Å². The van der Waals surface area contributed by atoms with Crippen LogP contribution in [0.25, 0.3) is 0 Å². The van der Waals surface area contributed by atoms with E-state index in [-0.39, 0.29) is 24.8 Å². The molecule has 2 amide bonds. The Bertz CT molecular complexity index is 966. The number of carbonyl (C=O) groups excluding carboxylic acids is 2. The van der Waals surface area contributed by atoms with E-state index in [0.717, 1.165) is 11.3 Å². The Hall–Kier alpha value is -3.30. The highest BCUT2D eigenvalue weighted by Crippen LogP contribution is 2.21. The summed E-state index contributed by atoms with van der Waals surface area (Å²) >= 11 is 1.36. The molecular formula is C22H25N5O3S. The summed E-state index contributed by atoms with van der Waals surface area (Å²) in [6.07, 6.45) is 3.56. The highest BCUT2D eigenvalue weighted by atomic mass is 32.1. The maximum atomic E-state index is 13.0. The van der Waals surface area contributed by atoms with E-state index in [1.165, 1.54) is 11.3 Å². The molecule has 162 valence electrons. The number of methoxy groups -OCH3 is 1. The van der Waals surface area contributed by atoms with Crippen molar-refractivity contribution in [1.82, 2.24) is 20.2 Å². The highest BCUT2D eigenvalue weighted by Gasteiger charge is 2.19. The monoisotopic (exact) mass is 439 g/mol. The molecule has 8 nitrogen and oxygen atoms in total. The van der Waals surface area contributed by atoms with Crippen molar-refractivity contribution in [3.05, 3.63) is 71.5 Å². The number of thiazole rings is 1. The number of aromatic nitrogens is 2. The number of benzene rings is 1. The first-order valence-corrected chi connectivity index (χ1v) is 10.7. The molecule has 2 N–H and O–H groups in total. The summed E-state index contributed by atoms with van der Waals surface area (Å²) in [4.78, 5) is 35.2. The van der Waals surface area contributed by atoms with E-state index in [9.17, 15) is 9.59 Å². The molecule has 0 spiro atoms. The van der Waals surface area contributed by atoms with Crippen molar-refractivity contribution in [2.45, 2.75) is 13.0 Å². The smallest absolute Gasteiger partial charge is 0.273 e. The number of hydrogen-bond donors (Lipinski definition) is 2. The Kier molecular flexibility index (Phi) is 8.50. The van der Waals surface area contributed by atoms with Gasteiger partial charge >= 0.3 is 0 Å². The van der Waals surface area contributed by atoms with Crippen LogP contribution in [0.1, 0.15) is 22.5 Å². The average Bonchev–Trinajstić information content (AvgIpc) is 3.27. The highest BCUT2D eigenvalue weighted by molar-refractivity contribution is 7.14. The molecule has 0 aliphatic heterocycles. The van der Waals surface area contributed by atoms with Crippen LogP contribution in [0.3, 0.4) is 0 Å². The van der Waals surface area contributed by atoms with Gasteiger partial charge in [-0.05, 0) is 29.8 Å². The number of nitrogens with zero attached hydrogens (tertiary/aromatic N) is 3. The number of anilines is 2. The third-order valence-electron chi connectivity index (χ3n) is 4.45. The van der Waals surface area contributed by atoms with Crippen molar-refractivity contribution in [2.24, 2.45) is 0 Å². The number of pyridine rings is 1. The van der Waals surface area contributed by atoms with Gasteiger partial charge in [-0.1, -0.05) is 18.2 Å². The fourth-order valence-corrected chi connectivity index (χ4v) is 3.48. The molecule has 0 aliphatic carbocycles. The van der Waals surface area contributed by atoms with Gasteiger partial charge in [0.2, 0.25) is 5.91 Å². The van der Waals surface area contributed by atoms with Crippen molar-refractivity contribution in [2.75, 3.05) is 32.1 Å². The van der Waals surface area contributed by atoms with Gasteiger partial charge in [0, 0.05) is 56.6 Å². The molecule has 0 unspecified atom stereocenters. The zero-order chi connectivity index (χ0) is 21.9. The number of ether oxygens (including phenoxy) is 1. The van der Waals surface area contributed by atoms with Crippen molar-refractivity contribution in [3.63, 3.8) is 0 Å². The quantitative estimate of drug-likeness (QED) is 0.477. The molecular weight excluding hydrogens is 414 g/mol. The first-order chi connectivity index (χ1) is 15.2. The predicted molar refractivity (Wildman–Crippen MR) is 120 cm³/mol. The lowest BCUT2D eigenvalue weighted by atomic mass is 10.2. The Balaban J connectivity index is 1.55. The van der Waals surface area contributed by atoms with Crippen LogP contribution in [0.4, 0.5) is 10.8 Å². The minimum atomic E-state index is -0.226. The van der Waals surface area contributed by atoms with E-state index in [1.807, 2.05) is 42.5 Å². The molecule has 0 saturated carbocycles. The zero-order valence-corrected chi connectivity index (χ0v) is 18.1. The lowest BCUT2D eigenvalue weighted by molar-refractivity contribution is -0.121. The summed E-state index contributed by atoms with van der Waals surface area (Å²) in [7, 11) is 1.58. The van der Waals surface area contributed by atoms with Gasteiger partial charge in [0.1, 0.15) is 5.69 Å². The summed E-state index contributed by atoms with van der Waals surface area (Å²) < 4.78 is 5.12. The molecule has 3 aromatic rings. The predicted octanol–water partition coefficient (Wildman–Crippen LogP) is 3.08. The van der Waals surface area contributed by atoms with Crippen LogP contribution in [-0.4, -0.2) is 53.5 Å². The minimum Gasteiger partial charge on any atom is -0.383 e. The Morgan fingerprint density at radius 3 is 2.61 bits per heavy atom. The molecule has 3 rings (SSSR count). The zero-order valence-electron chi connectivity index (χ0n) is 17.3. The van der Waals surface area contributed by atoms with Gasteiger partial charge in [-0.25, -0.2) is 4.98 Å². The second-order valence-corrected chi connectivity index (χ2v) is 7.55. The van der Waals surface area contributed by atoms with Crippen LogP contribution in [0.2, 0.25) is 0 Å². The van der Waals surface area contributed by atoms with Gasteiger partial charge < -0.3 is 20.3 Å². The van der Waals surface area contributed by atoms with Crippen LogP contribution < -0.4 is 10.6 Å².